The van der Waals surface area contributed by atoms with Crippen molar-refractivity contribution in [1.29, 1.82) is 0 Å². The summed E-state index contributed by atoms with van der Waals surface area (Å²) in [6, 6.07) is 7.53. The molecule has 0 spiro atoms. The third-order valence-corrected chi connectivity index (χ3v) is 7.12. The summed E-state index contributed by atoms with van der Waals surface area (Å²) in [5.41, 5.74) is 2.99. The maximum atomic E-state index is 15.3. The van der Waals surface area contributed by atoms with Gasteiger partial charge in [0.25, 0.3) is 0 Å². The van der Waals surface area contributed by atoms with E-state index in [1.54, 1.807) is 41.6 Å². The van der Waals surface area contributed by atoms with Gasteiger partial charge in [0.1, 0.15) is 12.4 Å². The molecule has 6 rings (SSSR count). The number of hydrogen-bond donors (Lipinski definition) is 1. The van der Waals surface area contributed by atoms with Crippen LogP contribution in [-0.2, 0) is 9.59 Å². The van der Waals surface area contributed by atoms with Crippen molar-refractivity contribution in [3.05, 3.63) is 71.5 Å². The fraction of sp³-hybridized carbons (Fsp3) is 0.240. The maximum Gasteiger partial charge on any atom is 0.247 e. The molecule has 37 heavy (non-hydrogen) atoms. The van der Waals surface area contributed by atoms with Gasteiger partial charge in [-0.2, -0.15) is 4.68 Å². The molecule has 1 N–H and O–H groups in total. The number of nitrogens with zero attached hydrogens (tertiary/aromatic N) is 7. The molecule has 0 unspecified atom stereocenters. The predicted octanol–water partition coefficient (Wildman–Crippen LogP) is 3.57. The number of hydrogen-bond acceptors (Lipinski definition) is 7. The monoisotopic (exact) mass is 518 g/mol. The number of carbonyl (C=O) groups is 2. The summed E-state index contributed by atoms with van der Waals surface area (Å²) in [6.07, 6.45) is 8.16. The first-order chi connectivity index (χ1) is 18.0. The van der Waals surface area contributed by atoms with E-state index in [0.717, 1.165) is 5.52 Å². The molecule has 2 aromatic carbocycles. The SMILES string of the molecule is O=C(Nc1ccc2nccnc2c1)[C@@H]1CC[C@@H]2CCC(c3c(-n4cnnn4)ccc(Cl)c3F)=CC(=O)N21. The lowest BCUT2D eigenvalue weighted by atomic mass is 9.96. The summed E-state index contributed by atoms with van der Waals surface area (Å²) in [5, 5.41) is 14.0. The average molecular weight is 519 g/mol. The fourth-order valence-corrected chi connectivity index (χ4v) is 5.30. The molecular formula is C25H20ClFN8O2. The lowest BCUT2D eigenvalue weighted by Gasteiger charge is -2.27. The number of benzene rings is 2. The highest BCUT2D eigenvalue weighted by molar-refractivity contribution is 6.31. The third kappa shape index (κ3) is 4.20. The number of anilines is 1. The molecule has 0 saturated carbocycles. The molecule has 10 nitrogen and oxygen atoms in total. The lowest BCUT2D eigenvalue weighted by molar-refractivity contribution is -0.134. The van der Waals surface area contributed by atoms with Gasteiger partial charge in [-0.1, -0.05) is 11.6 Å². The Morgan fingerprint density at radius 1 is 1.08 bits per heavy atom. The van der Waals surface area contributed by atoms with Crippen LogP contribution in [0, 0.1) is 5.82 Å². The van der Waals surface area contributed by atoms with Gasteiger partial charge in [-0.15, -0.1) is 5.10 Å². The second-order valence-corrected chi connectivity index (χ2v) is 9.37. The Labute approximate surface area is 215 Å². The molecular weight excluding hydrogens is 499 g/mol. The number of nitrogens with one attached hydrogen (secondary N) is 1. The summed E-state index contributed by atoms with van der Waals surface area (Å²) < 4.78 is 16.6. The second kappa shape index (κ2) is 9.32. The molecule has 1 fully saturated rings. The highest BCUT2D eigenvalue weighted by Crippen LogP contribution is 2.38. The summed E-state index contributed by atoms with van der Waals surface area (Å²) in [4.78, 5) is 36.8. The molecule has 2 aromatic heterocycles. The number of rotatable bonds is 4. The Morgan fingerprint density at radius 3 is 2.73 bits per heavy atom. The minimum Gasteiger partial charge on any atom is -0.324 e. The third-order valence-electron chi connectivity index (χ3n) is 6.83. The van der Waals surface area contributed by atoms with Crippen molar-refractivity contribution in [2.45, 2.75) is 37.8 Å². The molecule has 2 aliphatic heterocycles. The van der Waals surface area contributed by atoms with Crippen LogP contribution in [0.1, 0.15) is 31.2 Å². The Morgan fingerprint density at radius 2 is 1.92 bits per heavy atom. The van der Waals surface area contributed by atoms with Gasteiger partial charge in [0.15, 0.2) is 5.82 Å². The predicted molar refractivity (Wildman–Crippen MR) is 133 cm³/mol. The van der Waals surface area contributed by atoms with E-state index in [1.807, 2.05) is 0 Å². The first kappa shape index (κ1) is 23.2. The number of tetrazole rings is 1. The first-order valence-corrected chi connectivity index (χ1v) is 12.1. The average Bonchev–Trinajstić information content (AvgIpc) is 3.56. The van der Waals surface area contributed by atoms with E-state index in [9.17, 15) is 9.59 Å². The van der Waals surface area contributed by atoms with Gasteiger partial charge in [0, 0.05) is 35.8 Å². The van der Waals surface area contributed by atoms with Crippen molar-refractivity contribution in [3.63, 3.8) is 0 Å². The van der Waals surface area contributed by atoms with Gasteiger partial charge in [-0.3, -0.25) is 19.6 Å². The fourth-order valence-electron chi connectivity index (χ4n) is 5.15. The summed E-state index contributed by atoms with van der Waals surface area (Å²) in [5.74, 6) is -1.27. The second-order valence-electron chi connectivity index (χ2n) is 8.96. The summed E-state index contributed by atoms with van der Waals surface area (Å²) >= 11 is 6.10. The Balaban J connectivity index is 1.29. The van der Waals surface area contributed by atoms with Crippen LogP contribution >= 0.6 is 11.6 Å². The quantitative estimate of drug-likeness (QED) is 0.438. The van der Waals surface area contributed by atoms with E-state index in [0.29, 0.717) is 48.1 Å². The number of fused-ring (bicyclic) bond motifs is 2. The van der Waals surface area contributed by atoms with E-state index in [1.165, 1.54) is 23.2 Å². The van der Waals surface area contributed by atoms with E-state index < -0.39 is 11.9 Å². The topological polar surface area (TPSA) is 119 Å². The van der Waals surface area contributed by atoms with Crippen LogP contribution < -0.4 is 5.32 Å². The normalized spacial score (nSPS) is 19.5. The summed E-state index contributed by atoms with van der Waals surface area (Å²) in [7, 11) is 0. The van der Waals surface area contributed by atoms with Crippen LogP contribution in [0.25, 0.3) is 22.3 Å². The van der Waals surface area contributed by atoms with Crippen molar-refractivity contribution in [3.8, 4) is 5.69 Å². The van der Waals surface area contributed by atoms with Crippen molar-refractivity contribution in [2.75, 3.05) is 5.32 Å². The standard InChI is InChI=1S/C25H20ClFN8O2/c26-17-5-8-20(34-13-30-32-33-34)23(24(17)27)14-1-3-16-4-7-21(35(16)22(36)11-14)25(37)31-15-2-6-18-19(12-15)29-10-9-28-18/h2,5-6,8-13,16,21H,1,3-4,7H2,(H,31,37)/t16-,21-/m0/s1. The maximum absolute atomic E-state index is 15.3. The van der Waals surface area contributed by atoms with E-state index in [4.69, 9.17) is 11.6 Å². The molecule has 2 aliphatic rings. The van der Waals surface area contributed by atoms with Crippen LogP contribution in [0.4, 0.5) is 10.1 Å². The minimum absolute atomic E-state index is 0.0674. The van der Waals surface area contributed by atoms with Gasteiger partial charge in [0.05, 0.1) is 21.7 Å². The van der Waals surface area contributed by atoms with Crippen molar-refractivity contribution in [1.82, 2.24) is 35.1 Å². The molecule has 4 heterocycles. The van der Waals surface area contributed by atoms with Crippen molar-refractivity contribution < 1.29 is 14.0 Å². The van der Waals surface area contributed by atoms with Crippen molar-refractivity contribution in [2.24, 2.45) is 0 Å². The molecule has 186 valence electrons. The van der Waals surface area contributed by atoms with Crippen LogP contribution in [0.15, 0.2) is 55.1 Å². The van der Waals surface area contributed by atoms with Crippen LogP contribution in [0.2, 0.25) is 5.02 Å². The molecule has 4 aromatic rings. The first-order valence-electron chi connectivity index (χ1n) is 11.8. The van der Waals surface area contributed by atoms with Crippen LogP contribution in [0.3, 0.4) is 0 Å². The van der Waals surface area contributed by atoms with Gasteiger partial charge in [-0.05, 0) is 72.0 Å². The van der Waals surface area contributed by atoms with Crippen molar-refractivity contribution >= 4 is 45.7 Å². The van der Waals surface area contributed by atoms with E-state index >= 15 is 4.39 Å². The minimum atomic E-state index is -0.649. The number of halogens is 2. The highest BCUT2D eigenvalue weighted by Gasteiger charge is 2.41. The zero-order valence-corrected chi connectivity index (χ0v) is 20.1. The van der Waals surface area contributed by atoms with Crippen LogP contribution in [-0.4, -0.2) is 59.0 Å². The number of allylic oxidation sites excluding steroid dienone is 1. The van der Waals surface area contributed by atoms with Crippen LogP contribution in [0.5, 0.6) is 0 Å². The largest absolute Gasteiger partial charge is 0.324 e. The molecule has 0 bridgehead atoms. The molecule has 1 saturated heterocycles. The number of carbonyl (C=O) groups excluding carboxylic acids is 2. The van der Waals surface area contributed by atoms with Gasteiger partial charge < -0.3 is 10.2 Å². The molecule has 12 heteroatoms. The van der Waals surface area contributed by atoms with Gasteiger partial charge >= 0.3 is 0 Å². The molecule has 2 amide bonds. The zero-order valence-electron chi connectivity index (χ0n) is 19.4. The zero-order chi connectivity index (χ0) is 25.5. The van der Waals surface area contributed by atoms with Gasteiger partial charge in [0.2, 0.25) is 11.8 Å². The molecule has 0 aliphatic carbocycles. The Hall–Kier alpha value is -4.25. The Kier molecular flexibility index (Phi) is 5.84. The summed E-state index contributed by atoms with van der Waals surface area (Å²) in [6.45, 7) is 0. The van der Waals surface area contributed by atoms with E-state index in [2.05, 4.69) is 30.8 Å². The van der Waals surface area contributed by atoms with E-state index in [-0.39, 0.29) is 28.4 Å². The molecule has 0 radical (unpaired) electrons. The smallest absolute Gasteiger partial charge is 0.247 e. The number of amides is 2. The number of aromatic nitrogens is 6. The highest BCUT2D eigenvalue weighted by atomic mass is 35.5. The van der Waals surface area contributed by atoms with Gasteiger partial charge in [-0.25, -0.2) is 4.39 Å². The lowest BCUT2D eigenvalue weighted by Crippen LogP contribution is -2.45. The molecule has 2 atom stereocenters. The Bertz CT molecular complexity index is 1560.